The number of aromatic nitrogens is 2. The molecule has 0 fully saturated rings. The second kappa shape index (κ2) is 5.14. The number of rotatable bonds is 3. The van der Waals surface area contributed by atoms with E-state index in [0.717, 1.165) is 11.1 Å². The molecule has 0 aliphatic heterocycles. The highest BCUT2D eigenvalue weighted by molar-refractivity contribution is 7.92. The van der Waals surface area contributed by atoms with Gasteiger partial charge in [-0.05, 0) is 42.6 Å². The summed E-state index contributed by atoms with van der Waals surface area (Å²) in [6.45, 7) is 3.72. The van der Waals surface area contributed by atoms with Gasteiger partial charge in [0.1, 0.15) is 4.90 Å². The van der Waals surface area contributed by atoms with Crippen molar-refractivity contribution < 1.29 is 8.42 Å². The Morgan fingerprint density at radius 2 is 1.79 bits per heavy atom. The molecule has 19 heavy (non-hydrogen) atoms. The van der Waals surface area contributed by atoms with Gasteiger partial charge < -0.3 is 0 Å². The summed E-state index contributed by atoms with van der Waals surface area (Å²) in [4.78, 5) is 7.29. The van der Waals surface area contributed by atoms with Crippen LogP contribution in [0.4, 0.5) is 5.69 Å². The molecule has 0 aliphatic carbocycles. The first-order valence-corrected chi connectivity index (χ1v) is 7.32. The summed E-state index contributed by atoms with van der Waals surface area (Å²) in [5, 5.41) is 0.00526. The van der Waals surface area contributed by atoms with Crippen molar-refractivity contribution in [3.8, 4) is 0 Å². The number of nitrogens with zero attached hydrogens (tertiary/aromatic N) is 2. The summed E-state index contributed by atoms with van der Waals surface area (Å²) in [5.41, 5.74) is 2.34. The summed E-state index contributed by atoms with van der Waals surface area (Å²) in [6.07, 6.45) is 2.34. The van der Waals surface area contributed by atoms with E-state index in [2.05, 4.69) is 14.7 Å². The van der Waals surface area contributed by atoms with Gasteiger partial charge in [-0.15, -0.1) is 0 Å². The van der Waals surface area contributed by atoms with Gasteiger partial charge in [-0.3, -0.25) is 4.72 Å². The molecular formula is C12H12ClN3O2S. The third kappa shape index (κ3) is 3.21. The minimum absolute atomic E-state index is 0.00526. The normalized spacial score (nSPS) is 11.3. The molecule has 1 aromatic heterocycles. The third-order valence-electron chi connectivity index (χ3n) is 2.54. The van der Waals surface area contributed by atoms with Gasteiger partial charge in [-0.2, -0.15) is 0 Å². The molecule has 2 aromatic rings. The lowest BCUT2D eigenvalue weighted by molar-refractivity contribution is 0.600. The fraction of sp³-hybridized carbons (Fsp3) is 0.167. The van der Waals surface area contributed by atoms with Crippen LogP contribution in [0.2, 0.25) is 5.28 Å². The van der Waals surface area contributed by atoms with Gasteiger partial charge in [0.2, 0.25) is 5.28 Å². The first-order valence-electron chi connectivity index (χ1n) is 5.46. The smallest absolute Gasteiger partial charge is 0.264 e. The molecule has 5 nitrogen and oxygen atoms in total. The second-order valence-corrected chi connectivity index (χ2v) is 6.13. The maximum absolute atomic E-state index is 12.1. The molecule has 0 bridgehead atoms. The Morgan fingerprint density at radius 1 is 1.16 bits per heavy atom. The number of sulfonamides is 1. The van der Waals surface area contributed by atoms with E-state index in [1.165, 1.54) is 12.4 Å². The van der Waals surface area contributed by atoms with Gasteiger partial charge in [0.15, 0.2) is 0 Å². The molecule has 1 heterocycles. The van der Waals surface area contributed by atoms with Gasteiger partial charge in [-0.25, -0.2) is 18.4 Å². The quantitative estimate of drug-likeness (QED) is 0.884. The molecule has 0 saturated heterocycles. The minimum atomic E-state index is -3.70. The van der Waals surface area contributed by atoms with Crippen molar-refractivity contribution >= 4 is 27.3 Å². The zero-order valence-electron chi connectivity index (χ0n) is 10.4. The lowest BCUT2D eigenvalue weighted by atomic mass is 10.1. The number of benzene rings is 1. The van der Waals surface area contributed by atoms with Crippen molar-refractivity contribution in [2.45, 2.75) is 18.7 Å². The van der Waals surface area contributed by atoms with E-state index in [1.807, 2.05) is 26.0 Å². The average molecular weight is 298 g/mol. The van der Waals surface area contributed by atoms with Crippen molar-refractivity contribution in [2.24, 2.45) is 0 Å². The highest BCUT2D eigenvalue weighted by Crippen LogP contribution is 2.20. The topological polar surface area (TPSA) is 72.0 Å². The molecule has 0 amide bonds. The predicted molar refractivity (Wildman–Crippen MR) is 73.8 cm³/mol. The predicted octanol–water partition coefficient (Wildman–Crippen LogP) is 2.55. The number of nitrogens with one attached hydrogen (secondary N) is 1. The molecule has 1 aromatic carbocycles. The zero-order valence-corrected chi connectivity index (χ0v) is 12.0. The molecule has 0 aliphatic rings. The first kappa shape index (κ1) is 13.8. The van der Waals surface area contributed by atoms with Crippen molar-refractivity contribution in [3.63, 3.8) is 0 Å². The minimum Gasteiger partial charge on any atom is -0.279 e. The molecule has 0 atom stereocenters. The SMILES string of the molecule is Cc1ccc(C)c(NS(=O)(=O)c2cnc(Cl)nc2)c1. The highest BCUT2D eigenvalue weighted by atomic mass is 35.5. The maximum Gasteiger partial charge on any atom is 0.264 e. The van der Waals surface area contributed by atoms with Crippen molar-refractivity contribution in [2.75, 3.05) is 4.72 Å². The molecule has 0 spiro atoms. The van der Waals surface area contributed by atoms with Crippen LogP contribution in [-0.2, 0) is 10.0 Å². The van der Waals surface area contributed by atoms with Crippen LogP contribution in [0, 0.1) is 13.8 Å². The Labute approximate surface area is 116 Å². The van der Waals surface area contributed by atoms with Crippen LogP contribution in [0.3, 0.4) is 0 Å². The van der Waals surface area contributed by atoms with Crippen LogP contribution >= 0.6 is 11.6 Å². The number of anilines is 1. The van der Waals surface area contributed by atoms with Crippen LogP contribution in [0.15, 0.2) is 35.5 Å². The summed E-state index contributed by atoms with van der Waals surface area (Å²) in [6, 6.07) is 5.54. The van der Waals surface area contributed by atoms with E-state index in [1.54, 1.807) is 6.07 Å². The summed E-state index contributed by atoms with van der Waals surface area (Å²) in [5.74, 6) is 0. The van der Waals surface area contributed by atoms with Crippen molar-refractivity contribution in [1.82, 2.24) is 9.97 Å². The van der Waals surface area contributed by atoms with E-state index >= 15 is 0 Å². The summed E-state index contributed by atoms with van der Waals surface area (Å²) in [7, 11) is -3.70. The molecule has 100 valence electrons. The Balaban J connectivity index is 2.36. The number of aryl methyl sites for hydroxylation is 2. The lowest BCUT2D eigenvalue weighted by Crippen LogP contribution is -2.14. The van der Waals surface area contributed by atoms with E-state index in [9.17, 15) is 8.42 Å². The Kier molecular flexibility index (Phi) is 3.73. The molecule has 0 unspecified atom stereocenters. The van der Waals surface area contributed by atoms with Gasteiger partial charge >= 0.3 is 0 Å². The van der Waals surface area contributed by atoms with Gasteiger partial charge in [-0.1, -0.05) is 12.1 Å². The van der Waals surface area contributed by atoms with Crippen LogP contribution < -0.4 is 4.72 Å². The summed E-state index contributed by atoms with van der Waals surface area (Å²) >= 11 is 5.53. The largest absolute Gasteiger partial charge is 0.279 e. The fourth-order valence-electron chi connectivity index (χ4n) is 1.49. The molecule has 2 rings (SSSR count). The highest BCUT2D eigenvalue weighted by Gasteiger charge is 2.16. The zero-order chi connectivity index (χ0) is 14.0. The number of hydrogen-bond acceptors (Lipinski definition) is 4. The van der Waals surface area contributed by atoms with Crippen molar-refractivity contribution in [3.05, 3.63) is 47.0 Å². The van der Waals surface area contributed by atoms with Gasteiger partial charge in [0.25, 0.3) is 10.0 Å². The molecule has 7 heteroatoms. The maximum atomic E-state index is 12.1. The van der Waals surface area contributed by atoms with E-state index < -0.39 is 10.0 Å². The van der Waals surface area contributed by atoms with E-state index in [0.29, 0.717) is 5.69 Å². The standard InChI is InChI=1S/C12H12ClN3O2S/c1-8-3-4-9(2)11(5-8)16-19(17,18)10-6-14-12(13)15-7-10/h3-7,16H,1-2H3. The molecule has 1 N–H and O–H groups in total. The number of hydrogen-bond donors (Lipinski definition) is 1. The molecule has 0 radical (unpaired) electrons. The first-order chi connectivity index (χ1) is 8.88. The Hall–Kier alpha value is -1.66. The third-order valence-corrected chi connectivity index (χ3v) is 4.06. The Bertz CT molecular complexity index is 699. The average Bonchev–Trinajstić information content (AvgIpc) is 2.34. The summed E-state index contributed by atoms with van der Waals surface area (Å²) < 4.78 is 26.8. The van der Waals surface area contributed by atoms with Gasteiger partial charge in [0, 0.05) is 0 Å². The second-order valence-electron chi connectivity index (χ2n) is 4.11. The fourth-order valence-corrected chi connectivity index (χ4v) is 2.60. The molecule has 0 saturated carbocycles. The lowest BCUT2D eigenvalue weighted by Gasteiger charge is -2.10. The van der Waals surface area contributed by atoms with Crippen LogP contribution in [-0.4, -0.2) is 18.4 Å². The van der Waals surface area contributed by atoms with E-state index in [4.69, 9.17) is 11.6 Å². The van der Waals surface area contributed by atoms with Crippen LogP contribution in [0.5, 0.6) is 0 Å². The van der Waals surface area contributed by atoms with Gasteiger partial charge in [0.05, 0.1) is 18.1 Å². The molecular weight excluding hydrogens is 286 g/mol. The van der Waals surface area contributed by atoms with Crippen LogP contribution in [0.1, 0.15) is 11.1 Å². The van der Waals surface area contributed by atoms with Crippen molar-refractivity contribution in [1.29, 1.82) is 0 Å². The van der Waals surface area contributed by atoms with Crippen LogP contribution in [0.25, 0.3) is 0 Å². The monoisotopic (exact) mass is 297 g/mol. The number of halogens is 1. The Morgan fingerprint density at radius 3 is 2.42 bits per heavy atom. The van der Waals surface area contributed by atoms with E-state index in [-0.39, 0.29) is 10.2 Å².